The first-order chi connectivity index (χ1) is 9.58. The number of rotatable bonds is 4. The summed E-state index contributed by atoms with van der Waals surface area (Å²) in [5, 5.41) is 2.51. The predicted octanol–water partition coefficient (Wildman–Crippen LogP) is 3.73. The SMILES string of the molecule is C[C@@H](CNC(=O)OC(C)(C)C)Oc1c(Cl)nc(Cl)nc1Cl. The summed E-state index contributed by atoms with van der Waals surface area (Å²) in [5.74, 6) is 0.112. The van der Waals surface area contributed by atoms with E-state index in [1.807, 2.05) is 0 Å². The minimum atomic E-state index is -0.565. The van der Waals surface area contributed by atoms with Crippen molar-refractivity contribution in [2.75, 3.05) is 6.54 Å². The molecule has 0 aliphatic rings. The van der Waals surface area contributed by atoms with Gasteiger partial charge in [-0.3, -0.25) is 0 Å². The minimum Gasteiger partial charge on any atom is -0.483 e. The number of hydrogen-bond acceptors (Lipinski definition) is 5. The molecular formula is C12H16Cl3N3O3. The van der Waals surface area contributed by atoms with Gasteiger partial charge in [0.25, 0.3) is 0 Å². The fourth-order valence-corrected chi connectivity index (χ4v) is 1.99. The molecule has 21 heavy (non-hydrogen) atoms. The van der Waals surface area contributed by atoms with Crippen molar-refractivity contribution in [2.24, 2.45) is 0 Å². The number of carbonyl (C=O) groups excluding carboxylic acids is 1. The van der Waals surface area contributed by atoms with Crippen LogP contribution in [0.1, 0.15) is 27.7 Å². The highest BCUT2D eigenvalue weighted by Gasteiger charge is 2.18. The predicted molar refractivity (Wildman–Crippen MR) is 81.4 cm³/mol. The van der Waals surface area contributed by atoms with Gasteiger partial charge in [-0.1, -0.05) is 23.2 Å². The summed E-state index contributed by atoms with van der Waals surface area (Å²) in [6.07, 6.45) is -0.959. The molecular weight excluding hydrogens is 341 g/mol. The molecule has 0 fully saturated rings. The van der Waals surface area contributed by atoms with Gasteiger partial charge in [0.15, 0.2) is 16.1 Å². The Morgan fingerprint density at radius 1 is 1.24 bits per heavy atom. The number of alkyl carbamates (subject to hydrolysis) is 1. The Labute approximate surface area is 138 Å². The van der Waals surface area contributed by atoms with Gasteiger partial charge in [0, 0.05) is 0 Å². The van der Waals surface area contributed by atoms with E-state index < -0.39 is 17.8 Å². The van der Waals surface area contributed by atoms with E-state index in [-0.39, 0.29) is 27.9 Å². The average Bonchev–Trinajstić information content (AvgIpc) is 2.29. The lowest BCUT2D eigenvalue weighted by Crippen LogP contribution is -2.37. The van der Waals surface area contributed by atoms with Crippen LogP contribution in [0.5, 0.6) is 5.75 Å². The van der Waals surface area contributed by atoms with Gasteiger partial charge in [0.2, 0.25) is 5.28 Å². The second-order valence-electron chi connectivity index (χ2n) is 5.21. The molecule has 118 valence electrons. The molecule has 6 nitrogen and oxygen atoms in total. The van der Waals surface area contributed by atoms with Crippen LogP contribution in [0.15, 0.2) is 0 Å². The van der Waals surface area contributed by atoms with E-state index in [0.29, 0.717) is 0 Å². The Kier molecular flexibility index (Phi) is 6.31. The van der Waals surface area contributed by atoms with Crippen LogP contribution in [-0.2, 0) is 4.74 Å². The first-order valence-electron chi connectivity index (χ1n) is 6.10. The maximum Gasteiger partial charge on any atom is 0.407 e. The van der Waals surface area contributed by atoms with Crippen molar-refractivity contribution in [3.63, 3.8) is 0 Å². The smallest absolute Gasteiger partial charge is 0.407 e. The van der Waals surface area contributed by atoms with Gasteiger partial charge < -0.3 is 14.8 Å². The number of nitrogens with one attached hydrogen (secondary N) is 1. The summed E-state index contributed by atoms with van der Waals surface area (Å²) in [7, 11) is 0. The summed E-state index contributed by atoms with van der Waals surface area (Å²) >= 11 is 17.3. The highest BCUT2D eigenvalue weighted by Crippen LogP contribution is 2.31. The Hall–Kier alpha value is -0.980. The van der Waals surface area contributed by atoms with E-state index in [9.17, 15) is 4.79 Å². The second kappa shape index (κ2) is 7.33. The van der Waals surface area contributed by atoms with Gasteiger partial charge in [-0.05, 0) is 39.3 Å². The number of amides is 1. The summed E-state index contributed by atoms with van der Waals surface area (Å²) < 4.78 is 10.6. The Morgan fingerprint density at radius 3 is 2.24 bits per heavy atom. The number of ether oxygens (including phenoxy) is 2. The zero-order valence-electron chi connectivity index (χ0n) is 12.0. The molecule has 0 aromatic carbocycles. The van der Waals surface area contributed by atoms with Crippen molar-refractivity contribution in [1.82, 2.24) is 15.3 Å². The Balaban J connectivity index is 2.55. The zero-order valence-corrected chi connectivity index (χ0v) is 14.3. The topological polar surface area (TPSA) is 73.3 Å². The van der Waals surface area contributed by atoms with Gasteiger partial charge in [-0.2, -0.15) is 0 Å². The van der Waals surface area contributed by atoms with E-state index in [1.165, 1.54) is 0 Å². The first-order valence-corrected chi connectivity index (χ1v) is 7.24. The fraction of sp³-hybridized carbons (Fsp3) is 0.583. The molecule has 0 unspecified atom stereocenters. The monoisotopic (exact) mass is 355 g/mol. The van der Waals surface area contributed by atoms with Crippen LogP contribution >= 0.6 is 34.8 Å². The molecule has 0 saturated carbocycles. The van der Waals surface area contributed by atoms with Gasteiger partial charge in [-0.25, -0.2) is 14.8 Å². The summed E-state index contributed by atoms with van der Waals surface area (Å²) in [6.45, 7) is 7.24. The van der Waals surface area contributed by atoms with Gasteiger partial charge >= 0.3 is 6.09 Å². The van der Waals surface area contributed by atoms with E-state index in [2.05, 4.69) is 15.3 Å². The second-order valence-corrected chi connectivity index (χ2v) is 6.27. The molecule has 0 saturated heterocycles. The van der Waals surface area contributed by atoms with Gasteiger partial charge in [-0.15, -0.1) is 0 Å². The molecule has 1 heterocycles. The van der Waals surface area contributed by atoms with E-state index in [4.69, 9.17) is 44.3 Å². The highest BCUT2D eigenvalue weighted by molar-refractivity contribution is 6.37. The van der Waals surface area contributed by atoms with Gasteiger partial charge in [0.05, 0.1) is 6.54 Å². The van der Waals surface area contributed by atoms with Crippen molar-refractivity contribution >= 4 is 40.9 Å². The molecule has 0 aliphatic carbocycles. The Morgan fingerprint density at radius 2 is 1.76 bits per heavy atom. The zero-order chi connectivity index (χ0) is 16.2. The number of carbonyl (C=O) groups is 1. The van der Waals surface area contributed by atoms with Crippen LogP contribution in [0.2, 0.25) is 15.6 Å². The fourth-order valence-electron chi connectivity index (χ4n) is 1.25. The van der Waals surface area contributed by atoms with Crippen LogP contribution in [0.3, 0.4) is 0 Å². The summed E-state index contributed by atoms with van der Waals surface area (Å²) in [4.78, 5) is 19.0. The van der Waals surface area contributed by atoms with Crippen LogP contribution in [0.4, 0.5) is 4.79 Å². The maximum absolute atomic E-state index is 11.5. The standard InChI is InChI=1S/C12H16Cl3N3O3/c1-6(5-16-11(19)21-12(2,3)4)20-7-8(13)17-10(15)18-9(7)14/h6H,5H2,1-4H3,(H,16,19)/t6-/m0/s1. The average molecular weight is 357 g/mol. The quantitative estimate of drug-likeness (QED) is 0.657. The third kappa shape index (κ3) is 6.54. The van der Waals surface area contributed by atoms with E-state index in [0.717, 1.165) is 0 Å². The maximum atomic E-state index is 11.5. The molecule has 0 aliphatic heterocycles. The normalized spacial score (nSPS) is 12.7. The lowest BCUT2D eigenvalue weighted by Gasteiger charge is -2.21. The number of nitrogens with zero attached hydrogens (tertiary/aromatic N) is 2. The van der Waals surface area contributed by atoms with E-state index >= 15 is 0 Å². The lowest BCUT2D eigenvalue weighted by atomic mass is 10.2. The molecule has 0 bridgehead atoms. The number of halogens is 3. The minimum absolute atomic E-state index is 0.00381. The summed E-state index contributed by atoms with van der Waals surface area (Å²) in [6, 6.07) is 0. The number of aromatic nitrogens is 2. The highest BCUT2D eigenvalue weighted by atomic mass is 35.5. The Bertz CT molecular complexity index is 497. The van der Waals surface area contributed by atoms with Crippen molar-refractivity contribution in [1.29, 1.82) is 0 Å². The van der Waals surface area contributed by atoms with Crippen molar-refractivity contribution in [3.8, 4) is 5.75 Å². The third-order valence-corrected chi connectivity index (χ3v) is 2.69. The summed E-state index contributed by atoms with van der Waals surface area (Å²) in [5.41, 5.74) is -0.565. The van der Waals surface area contributed by atoms with E-state index in [1.54, 1.807) is 27.7 Å². The molecule has 0 radical (unpaired) electrons. The van der Waals surface area contributed by atoms with Crippen molar-refractivity contribution < 1.29 is 14.3 Å². The van der Waals surface area contributed by atoms with Crippen LogP contribution in [0, 0.1) is 0 Å². The lowest BCUT2D eigenvalue weighted by molar-refractivity contribution is 0.0505. The molecule has 1 amide bonds. The largest absolute Gasteiger partial charge is 0.483 e. The number of hydrogen-bond donors (Lipinski definition) is 1. The van der Waals surface area contributed by atoms with Crippen LogP contribution in [0.25, 0.3) is 0 Å². The third-order valence-electron chi connectivity index (χ3n) is 2.01. The molecule has 1 aromatic heterocycles. The molecule has 0 spiro atoms. The van der Waals surface area contributed by atoms with Crippen LogP contribution < -0.4 is 10.1 Å². The molecule has 1 rings (SSSR count). The molecule has 1 atom stereocenters. The van der Waals surface area contributed by atoms with Crippen molar-refractivity contribution in [3.05, 3.63) is 15.6 Å². The van der Waals surface area contributed by atoms with Crippen LogP contribution in [-0.4, -0.2) is 34.3 Å². The first kappa shape index (κ1) is 18.1. The molecule has 9 heteroatoms. The molecule has 1 aromatic rings. The van der Waals surface area contributed by atoms with Crippen molar-refractivity contribution in [2.45, 2.75) is 39.4 Å². The molecule has 1 N–H and O–H groups in total. The van der Waals surface area contributed by atoms with Gasteiger partial charge in [0.1, 0.15) is 11.7 Å².